The summed E-state index contributed by atoms with van der Waals surface area (Å²) in [6, 6.07) is 5.59. The molecule has 0 spiro atoms. The third kappa shape index (κ3) is 1.77. The Kier molecular flexibility index (Phi) is 2.31. The number of aromatic nitrogens is 2. The van der Waals surface area contributed by atoms with Gasteiger partial charge in [0, 0.05) is 11.5 Å². The van der Waals surface area contributed by atoms with Crippen molar-refractivity contribution in [1.29, 1.82) is 0 Å². The quantitative estimate of drug-likeness (QED) is 0.761. The maximum atomic E-state index is 11.8. The maximum Gasteiger partial charge on any atom is 0.165 e. The second kappa shape index (κ2) is 3.50. The van der Waals surface area contributed by atoms with Gasteiger partial charge in [-0.1, -0.05) is 13.8 Å². The Morgan fingerprint density at radius 3 is 2.80 bits per heavy atom. The molecular weight excluding hydrogens is 188 g/mol. The van der Waals surface area contributed by atoms with Crippen LogP contribution >= 0.6 is 0 Å². The average Bonchev–Trinajstić information content (AvgIpc) is 2.55. The molecule has 0 radical (unpaired) electrons. The standard InChI is InChI=1S/C12H14N2O/c1-7(2)12(15)9-4-5-10-11(6-9)14-8(3)13-10/h4-7H,1-3H3,(H,13,14). The van der Waals surface area contributed by atoms with Crippen molar-refractivity contribution in [3.05, 3.63) is 29.6 Å². The Balaban J connectivity index is 2.51. The Labute approximate surface area is 88.5 Å². The minimum absolute atomic E-state index is 0.0338. The lowest BCUT2D eigenvalue weighted by molar-refractivity contribution is 0.0939. The van der Waals surface area contributed by atoms with Gasteiger partial charge in [-0.25, -0.2) is 4.98 Å². The zero-order valence-electron chi connectivity index (χ0n) is 9.16. The normalized spacial score (nSPS) is 11.2. The summed E-state index contributed by atoms with van der Waals surface area (Å²) in [5, 5.41) is 0. The maximum absolute atomic E-state index is 11.8. The van der Waals surface area contributed by atoms with E-state index < -0.39 is 0 Å². The van der Waals surface area contributed by atoms with Gasteiger partial charge in [-0.2, -0.15) is 0 Å². The Bertz CT molecular complexity index is 511. The highest BCUT2D eigenvalue weighted by Gasteiger charge is 2.11. The summed E-state index contributed by atoms with van der Waals surface area (Å²) >= 11 is 0. The average molecular weight is 202 g/mol. The molecule has 2 rings (SSSR count). The molecule has 0 saturated carbocycles. The first-order valence-corrected chi connectivity index (χ1v) is 5.08. The van der Waals surface area contributed by atoms with Gasteiger partial charge in [0.15, 0.2) is 5.78 Å². The van der Waals surface area contributed by atoms with Crippen molar-refractivity contribution in [2.75, 3.05) is 0 Å². The number of ketones is 1. The lowest BCUT2D eigenvalue weighted by atomic mass is 10.0. The molecule has 78 valence electrons. The van der Waals surface area contributed by atoms with E-state index in [1.807, 2.05) is 39.0 Å². The number of Topliss-reactive ketones (excluding diaryl/α,β-unsaturated/α-hetero) is 1. The smallest absolute Gasteiger partial charge is 0.165 e. The number of carbonyl (C=O) groups is 1. The molecular formula is C12H14N2O. The molecule has 0 saturated heterocycles. The van der Waals surface area contributed by atoms with Crippen LogP contribution in [-0.4, -0.2) is 15.8 Å². The number of benzene rings is 1. The molecule has 0 aliphatic heterocycles. The van der Waals surface area contributed by atoms with Crippen LogP contribution in [0.15, 0.2) is 18.2 Å². The highest BCUT2D eigenvalue weighted by atomic mass is 16.1. The molecule has 0 unspecified atom stereocenters. The summed E-state index contributed by atoms with van der Waals surface area (Å²) in [5.74, 6) is 1.08. The van der Waals surface area contributed by atoms with Gasteiger partial charge in [0.25, 0.3) is 0 Å². The van der Waals surface area contributed by atoms with E-state index in [2.05, 4.69) is 9.97 Å². The van der Waals surface area contributed by atoms with Crippen LogP contribution in [0.4, 0.5) is 0 Å². The van der Waals surface area contributed by atoms with Crippen LogP contribution in [0.5, 0.6) is 0 Å². The molecule has 2 aromatic rings. The van der Waals surface area contributed by atoms with Gasteiger partial charge in [-0.05, 0) is 25.1 Å². The zero-order valence-corrected chi connectivity index (χ0v) is 9.16. The number of imidazole rings is 1. The van der Waals surface area contributed by atoms with Crippen LogP contribution < -0.4 is 0 Å². The second-order valence-electron chi connectivity index (χ2n) is 4.07. The minimum atomic E-state index is 0.0338. The number of rotatable bonds is 2. The number of carbonyl (C=O) groups excluding carboxylic acids is 1. The van der Waals surface area contributed by atoms with Crippen molar-refractivity contribution in [1.82, 2.24) is 9.97 Å². The Morgan fingerprint density at radius 1 is 1.40 bits per heavy atom. The molecule has 1 aromatic carbocycles. The van der Waals surface area contributed by atoms with E-state index in [9.17, 15) is 4.79 Å². The van der Waals surface area contributed by atoms with E-state index in [-0.39, 0.29) is 11.7 Å². The molecule has 0 aliphatic carbocycles. The van der Waals surface area contributed by atoms with E-state index >= 15 is 0 Å². The number of nitrogens with zero attached hydrogens (tertiary/aromatic N) is 1. The number of hydrogen-bond donors (Lipinski definition) is 1. The predicted octanol–water partition coefficient (Wildman–Crippen LogP) is 2.71. The van der Waals surface area contributed by atoms with Gasteiger partial charge in [0.1, 0.15) is 5.82 Å². The molecule has 3 nitrogen and oxygen atoms in total. The number of aryl methyl sites for hydroxylation is 1. The van der Waals surface area contributed by atoms with E-state index in [0.717, 1.165) is 22.4 Å². The molecule has 0 aliphatic rings. The highest BCUT2D eigenvalue weighted by Crippen LogP contribution is 2.16. The summed E-state index contributed by atoms with van der Waals surface area (Å²) in [5.41, 5.74) is 2.59. The van der Waals surface area contributed by atoms with Gasteiger partial charge in [-0.15, -0.1) is 0 Å². The Hall–Kier alpha value is -1.64. The van der Waals surface area contributed by atoms with Gasteiger partial charge in [0.05, 0.1) is 11.0 Å². The third-order valence-electron chi connectivity index (χ3n) is 2.41. The molecule has 0 atom stereocenters. The number of hydrogen-bond acceptors (Lipinski definition) is 2. The van der Waals surface area contributed by atoms with E-state index in [1.165, 1.54) is 0 Å². The van der Waals surface area contributed by atoms with Crippen molar-refractivity contribution >= 4 is 16.8 Å². The van der Waals surface area contributed by atoms with Crippen molar-refractivity contribution in [3.63, 3.8) is 0 Å². The Morgan fingerprint density at radius 2 is 2.13 bits per heavy atom. The molecule has 3 heteroatoms. The topological polar surface area (TPSA) is 45.8 Å². The van der Waals surface area contributed by atoms with Crippen molar-refractivity contribution < 1.29 is 4.79 Å². The molecule has 1 N–H and O–H groups in total. The van der Waals surface area contributed by atoms with E-state index in [0.29, 0.717) is 0 Å². The number of nitrogens with one attached hydrogen (secondary N) is 1. The fourth-order valence-corrected chi connectivity index (χ4v) is 1.62. The van der Waals surface area contributed by atoms with Crippen LogP contribution in [0.3, 0.4) is 0 Å². The van der Waals surface area contributed by atoms with Crippen LogP contribution in [0, 0.1) is 12.8 Å². The molecule has 15 heavy (non-hydrogen) atoms. The zero-order chi connectivity index (χ0) is 11.0. The van der Waals surface area contributed by atoms with Gasteiger partial charge >= 0.3 is 0 Å². The summed E-state index contributed by atoms with van der Waals surface area (Å²) in [6.45, 7) is 5.72. The first-order valence-electron chi connectivity index (χ1n) is 5.08. The largest absolute Gasteiger partial charge is 0.342 e. The number of fused-ring (bicyclic) bond motifs is 1. The summed E-state index contributed by atoms with van der Waals surface area (Å²) in [7, 11) is 0. The lowest BCUT2D eigenvalue weighted by Crippen LogP contribution is -2.06. The third-order valence-corrected chi connectivity index (χ3v) is 2.41. The SMILES string of the molecule is Cc1nc2ccc(C(=O)C(C)C)cc2[nH]1. The first kappa shape index (κ1) is 9.90. The lowest BCUT2D eigenvalue weighted by Gasteiger charge is -2.03. The summed E-state index contributed by atoms with van der Waals surface area (Å²) in [6.07, 6.45) is 0. The van der Waals surface area contributed by atoms with E-state index in [1.54, 1.807) is 0 Å². The predicted molar refractivity (Wildman–Crippen MR) is 60.0 cm³/mol. The number of aromatic amines is 1. The van der Waals surface area contributed by atoms with Crippen LogP contribution in [0.2, 0.25) is 0 Å². The second-order valence-corrected chi connectivity index (χ2v) is 4.07. The van der Waals surface area contributed by atoms with Crippen molar-refractivity contribution in [2.24, 2.45) is 5.92 Å². The molecule has 0 amide bonds. The molecule has 0 bridgehead atoms. The highest BCUT2D eigenvalue weighted by molar-refractivity contribution is 5.99. The van der Waals surface area contributed by atoms with Crippen molar-refractivity contribution in [3.8, 4) is 0 Å². The molecule has 0 fully saturated rings. The number of H-pyrrole nitrogens is 1. The van der Waals surface area contributed by atoms with Crippen LogP contribution in [0.25, 0.3) is 11.0 Å². The van der Waals surface area contributed by atoms with Crippen LogP contribution in [-0.2, 0) is 0 Å². The minimum Gasteiger partial charge on any atom is -0.342 e. The summed E-state index contributed by atoms with van der Waals surface area (Å²) in [4.78, 5) is 19.2. The summed E-state index contributed by atoms with van der Waals surface area (Å²) < 4.78 is 0. The molecule has 1 heterocycles. The van der Waals surface area contributed by atoms with Crippen molar-refractivity contribution in [2.45, 2.75) is 20.8 Å². The molecule has 1 aromatic heterocycles. The van der Waals surface area contributed by atoms with Gasteiger partial charge in [-0.3, -0.25) is 4.79 Å². The fourth-order valence-electron chi connectivity index (χ4n) is 1.62. The first-order chi connectivity index (χ1) is 7.08. The fraction of sp³-hybridized carbons (Fsp3) is 0.333. The van der Waals surface area contributed by atoms with Crippen LogP contribution in [0.1, 0.15) is 30.0 Å². The van der Waals surface area contributed by atoms with Gasteiger partial charge in [0.2, 0.25) is 0 Å². The van der Waals surface area contributed by atoms with Gasteiger partial charge < -0.3 is 4.98 Å². The monoisotopic (exact) mass is 202 g/mol. The van der Waals surface area contributed by atoms with E-state index in [4.69, 9.17) is 0 Å².